The standard InChI is InChI=1S/C11H13N3O2S/c15-10-4-7(13-14-10)6-1-2-9-8(3-6)12-11(16)5-17-9/h1-3,7,10,13-15H,4-5H2,(H,12,16). The molecule has 2 aliphatic heterocycles. The van der Waals surface area contributed by atoms with Crippen LogP contribution in [0.2, 0.25) is 0 Å². The summed E-state index contributed by atoms with van der Waals surface area (Å²) in [6, 6.07) is 6.10. The second-order valence-corrected chi connectivity index (χ2v) is 5.20. The number of hydrogen-bond donors (Lipinski definition) is 4. The maximum Gasteiger partial charge on any atom is 0.234 e. The van der Waals surface area contributed by atoms with Gasteiger partial charge in [0.2, 0.25) is 5.91 Å². The normalized spacial score (nSPS) is 27.7. The first-order chi connectivity index (χ1) is 8.22. The number of anilines is 1. The van der Waals surface area contributed by atoms with Crippen LogP contribution in [-0.4, -0.2) is 23.0 Å². The molecule has 1 saturated heterocycles. The fourth-order valence-electron chi connectivity index (χ4n) is 2.07. The van der Waals surface area contributed by atoms with Crippen LogP contribution in [0.4, 0.5) is 5.69 Å². The van der Waals surface area contributed by atoms with E-state index in [0.717, 1.165) is 16.1 Å². The predicted octanol–water partition coefficient (Wildman–Crippen LogP) is 0.588. The number of amides is 1. The molecule has 0 saturated carbocycles. The highest BCUT2D eigenvalue weighted by Crippen LogP contribution is 2.34. The van der Waals surface area contributed by atoms with E-state index in [2.05, 4.69) is 16.2 Å². The van der Waals surface area contributed by atoms with Crippen molar-refractivity contribution < 1.29 is 9.90 Å². The average Bonchev–Trinajstić information content (AvgIpc) is 2.75. The van der Waals surface area contributed by atoms with Crippen molar-refractivity contribution in [1.82, 2.24) is 10.9 Å². The Morgan fingerprint density at radius 3 is 3.00 bits per heavy atom. The molecule has 5 nitrogen and oxygen atoms in total. The maximum absolute atomic E-state index is 11.3. The highest BCUT2D eigenvalue weighted by Gasteiger charge is 2.24. The lowest BCUT2D eigenvalue weighted by molar-refractivity contribution is -0.113. The Hall–Kier alpha value is -1.08. The van der Waals surface area contributed by atoms with E-state index < -0.39 is 6.23 Å². The molecule has 2 heterocycles. The molecule has 3 rings (SSSR count). The quantitative estimate of drug-likeness (QED) is 0.588. The lowest BCUT2D eigenvalue weighted by atomic mass is 10.0. The molecule has 0 radical (unpaired) electrons. The highest BCUT2D eigenvalue weighted by molar-refractivity contribution is 8.00. The van der Waals surface area contributed by atoms with Crippen molar-refractivity contribution in [3.05, 3.63) is 23.8 Å². The van der Waals surface area contributed by atoms with Gasteiger partial charge in [-0.25, -0.2) is 10.9 Å². The first kappa shape index (κ1) is 11.0. The van der Waals surface area contributed by atoms with Gasteiger partial charge < -0.3 is 10.4 Å². The third kappa shape index (κ3) is 2.16. The van der Waals surface area contributed by atoms with Crippen LogP contribution in [0.3, 0.4) is 0 Å². The molecule has 2 aliphatic rings. The second kappa shape index (κ2) is 4.30. The number of carbonyl (C=O) groups is 1. The van der Waals surface area contributed by atoms with Crippen LogP contribution < -0.4 is 16.2 Å². The minimum absolute atomic E-state index is 0.0391. The van der Waals surface area contributed by atoms with Crippen LogP contribution >= 0.6 is 11.8 Å². The minimum atomic E-state index is -0.514. The van der Waals surface area contributed by atoms with E-state index >= 15 is 0 Å². The van der Waals surface area contributed by atoms with Gasteiger partial charge in [-0.3, -0.25) is 4.79 Å². The number of aliphatic hydroxyl groups excluding tert-OH is 1. The van der Waals surface area contributed by atoms with Crippen LogP contribution in [0.15, 0.2) is 23.1 Å². The molecule has 1 aromatic carbocycles. The van der Waals surface area contributed by atoms with Crippen LogP contribution in [0, 0.1) is 0 Å². The smallest absolute Gasteiger partial charge is 0.234 e. The van der Waals surface area contributed by atoms with Crippen molar-refractivity contribution in [2.45, 2.75) is 23.6 Å². The van der Waals surface area contributed by atoms with Gasteiger partial charge in [-0.2, -0.15) is 0 Å². The van der Waals surface area contributed by atoms with Crippen LogP contribution in [0.25, 0.3) is 0 Å². The van der Waals surface area contributed by atoms with Gasteiger partial charge in [0.25, 0.3) is 0 Å². The van der Waals surface area contributed by atoms with Gasteiger partial charge >= 0.3 is 0 Å². The Morgan fingerprint density at radius 1 is 1.35 bits per heavy atom. The van der Waals surface area contributed by atoms with Crippen molar-refractivity contribution >= 4 is 23.4 Å². The first-order valence-corrected chi connectivity index (χ1v) is 6.46. The molecule has 0 spiro atoms. The lowest BCUT2D eigenvalue weighted by Crippen LogP contribution is -2.30. The van der Waals surface area contributed by atoms with Crippen LogP contribution in [0.5, 0.6) is 0 Å². The first-order valence-electron chi connectivity index (χ1n) is 5.48. The molecular weight excluding hydrogens is 238 g/mol. The zero-order valence-electron chi connectivity index (χ0n) is 9.06. The Bertz CT molecular complexity index is 466. The van der Waals surface area contributed by atoms with E-state index in [-0.39, 0.29) is 11.9 Å². The van der Waals surface area contributed by atoms with Gasteiger partial charge in [0.15, 0.2) is 0 Å². The monoisotopic (exact) mass is 251 g/mol. The number of hydrazine groups is 1. The number of fused-ring (bicyclic) bond motifs is 1. The summed E-state index contributed by atoms with van der Waals surface area (Å²) in [6.07, 6.45) is 0.111. The zero-order chi connectivity index (χ0) is 11.8. The van der Waals surface area contributed by atoms with Crippen LogP contribution in [0.1, 0.15) is 18.0 Å². The molecular formula is C11H13N3O2S. The number of hydrogen-bond acceptors (Lipinski definition) is 5. The van der Waals surface area contributed by atoms with E-state index in [9.17, 15) is 9.90 Å². The van der Waals surface area contributed by atoms with E-state index in [0.29, 0.717) is 12.2 Å². The minimum Gasteiger partial charge on any atom is -0.377 e. The summed E-state index contributed by atoms with van der Waals surface area (Å²) < 4.78 is 0. The second-order valence-electron chi connectivity index (χ2n) is 4.19. The third-order valence-corrected chi connectivity index (χ3v) is 4.00. The largest absolute Gasteiger partial charge is 0.377 e. The fourth-order valence-corrected chi connectivity index (χ4v) is 2.86. The number of benzene rings is 1. The average molecular weight is 251 g/mol. The molecule has 2 atom stereocenters. The predicted molar refractivity (Wildman–Crippen MR) is 65.4 cm³/mol. The van der Waals surface area contributed by atoms with Gasteiger partial charge in [0.1, 0.15) is 6.23 Å². The lowest BCUT2D eigenvalue weighted by Gasteiger charge is -2.18. The number of aliphatic hydroxyl groups is 1. The van der Waals surface area contributed by atoms with Crippen molar-refractivity contribution in [3.8, 4) is 0 Å². The molecule has 90 valence electrons. The third-order valence-electron chi connectivity index (χ3n) is 2.92. The number of carbonyl (C=O) groups excluding carboxylic acids is 1. The van der Waals surface area contributed by atoms with Gasteiger partial charge in [0, 0.05) is 11.3 Å². The zero-order valence-corrected chi connectivity index (χ0v) is 9.88. The molecule has 17 heavy (non-hydrogen) atoms. The van der Waals surface area contributed by atoms with Gasteiger partial charge in [-0.1, -0.05) is 6.07 Å². The summed E-state index contributed by atoms with van der Waals surface area (Å²) in [7, 11) is 0. The Labute approximate surface area is 103 Å². The molecule has 2 unspecified atom stereocenters. The summed E-state index contributed by atoms with van der Waals surface area (Å²) in [5.74, 6) is 0.520. The Balaban J connectivity index is 1.87. The topological polar surface area (TPSA) is 73.4 Å². The van der Waals surface area contributed by atoms with Gasteiger partial charge in [-0.05, 0) is 17.7 Å². The van der Waals surface area contributed by atoms with E-state index in [1.165, 1.54) is 0 Å². The van der Waals surface area contributed by atoms with Gasteiger partial charge in [0.05, 0.1) is 17.5 Å². The summed E-state index contributed by atoms with van der Waals surface area (Å²) in [4.78, 5) is 12.4. The number of nitrogens with one attached hydrogen (secondary N) is 3. The molecule has 0 bridgehead atoms. The van der Waals surface area contributed by atoms with Crippen LogP contribution in [-0.2, 0) is 4.79 Å². The Kier molecular flexibility index (Phi) is 2.79. The molecule has 6 heteroatoms. The van der Waals surface area contributed by atoms with Crippen molar-refractivity contribution in [2.75, 3.05) is 11.1 Å². The fraction of sp³-hybridized carbons (Fsp3) is 0.364. The van der Waals surface area contributed by atoms with Crippen molar-refractivity contribution in [1.29, 1.82) is 0 Å². The molecule has 0 aliphatic carbocycles. The number of thioether (sulfide) groups is 1. The molecule has 0 aromatic heterocycles. The van der Waals surface area contributed by atoms with E-state index in [1.54, 1.807) is 11.8 Å². The highest BCUT2D eigenvalue weighted by atomic mass is 32.2. The Morgan fingerprint density at radius 2 is 2.24 bits per heavy atom. The summed E-state index contributed by atoms with van der Waals surface area (Å²) in [5, 5.41) is 12.3. The molecule has 4 N–H and O–H groups in total. The van der Waals surface area contributed by atoms with Crippen molar-refractivity contribution in [3.63, 3.8) is 0 Å². The van der Waals surface area contributed by atoms with E-state index in [1.807, 2.05) is 18.2 Å². The molecule has 1 amide bonds. The summed E-state index contributed by atoms with van der Waals surface area (Å²) in [5.41, 5.74) is 7.72. The van der Waals surface area contributed by atoms with Gasteiger partial charge in [-0.15, -0.1) is 11.8 Å². The summed E-state index contributed by atoms with van der Waals surface area (Å²) in [6.45, 7) is 0. The maximum atomic E-state index is 11.3. The van der Waals surface area contributed by atoms with E-state index in [4.69, 9.17) is 0 Å². The molecule has 1 fully saturated rings. The molecule has 1 aromatic rings. The number of rotatable bonds is 1. The van der Waals surface area contributed by atoms with Crippen molar-refractivity contribution in [2.24, 2.45) is 0 Å². The SMILES string of the molecule is O=C1CSc2ccc(C3CC(O)NN3)cc2N1. The summed E-state index contributed by atoms with van der Waals surface area (Å²) >= 11 is 1.55.